The van der Waals surface area contributed by atoms with Crippen molar-refractivity contribution in [3.8, 4) is 29.4 Å². The monoisotopic (exact) mass is 259 g/mol. The van der Waals surface area contributed by atoms with Gasteiger partial charge in [0.15, 0.2) is 17.2 Å². The summed E-state index contributed by atoms with van der Waals surface area (Å²) in [6.07, 6.45) is 2.01. The molecule has 0 saturated heterocycles. The number of hydrogen-bond acceptors (Lipinski definition) is 7. The Hall–Kier alpha value is -3.03. The van der Waals surface area contributed by atoms with Crippen LogP contribution in [0, 0.1) is 22.7 Å². The molecule has 0 unspecified atom stereocenters. The van der Waals surface area contributed by atoms with Gasteiger partial charge in [0.2, 0.25) is 5.78 Å². The molecule has 0 radical (unpaired) electrons. The molecule has 0 fully saturated rings. The summed E-state index contributed by atoms with van der Waals surface area (Å²) in [7, 11) is 0. The van der Waals surface area contributed by atoms with Gasteiger partial charge in [-0.2, -0.15) is 10.5 Å². The quantitative estimate of drug-likeness (QED) is 0.444. The predicted molar refractivity (Wildman–Crippen MR) is 63.6 cm³/mol. The molecule has 7 nitrogen and oxygen atoms in total. The number of nitrogens with two attached hydrogens (primary N) is 1. The van der Waals surface area contributed by atoms with Gasteiger partial charge >= 0.3 is 0 Å². The lowest BCUT2D eigenvalue weighted by Gasteiger charge is -2.06. The van der Waals surface area contributed by atoms with Gasteiger partial charge in [-0.25, -0.2) is 0 Å². The Bertz CT molecular complexity index is 600. The van der Waals surface area contributed by atoms with Gasteiger partial charge in [0.1, 0.15) is 12.1 Å². The van der Waals surface area contributed by atoms with Crippen LogP contribution in [0.25, 0.3) is 6.08 Å². The molecular weight excluding hydrogens is 250 g/mol. The molecule has 19 heavy (non-hydrogen) atoms. The van der Waals surface area contributed by atoms with Crippen LogP contribution < -0.4 is 5.73 Å². The summed E-state index contributed by atoms with van der Waals surface area (Å²) >= 11 is 0. The summed E-state index contributed by atoms with van der Waals surface area (Å²) in [6, 6.07) is 4.90. The van der Waals surface area contributed by atoms with E-state index in [-0.39, 0.29) is 5.56 Å². The first-order chi connectivity index (χ1) is 8.84. The van der Waals surface area contributed by atoms with Crippen molar-refractivity contribution in [1.29, 1.82) is 10.5 Å². The van der Waals surface area contributed by atoms with Crippen LogP contribution in [0.4, 0.5) is 0 Å². The van der Waals surface area contributed by atoms with Crippen LogP contribution in [-0.4, -0.2) is 26.6 Å². The van der Waals surface area contributed by atoms with Crippen molar-refractivity contribution in [3.05, 3.63) is 23.8 Å². The van der Waals surface area contributed by atoms with Crippen LogP contribution in [0.3, 0.4) is 0 Å². The average Bonchev–Trinajstić information content (AvgIpc) is 2.40. The van der Waals surface area contributed by atoms with Crippen molar-refractivity contribution in [2.45, 2.75) is 5.54 Å². The number of hydrogen-bond donors (Lipinski definition) is 4. The summed E-state index contributed by atoms with van der Waals surface area (Å²) in [5, 5.41) is 44.8. The number of nitrogens with zero attached hydrogens (tertiary/aromatic N) is 2. The third-order valence-corrected chi connectivity index (χ3v) is 2.26. The van der Waals surface area contributed by atoms with E-state index in [0.29, 0.717) is 0 Å². The molecule has 0 aromatic heterocycles. The van der Waals surface area contributed by atoms with Crippen LogP contribution >= 0.6 is 0 Å². The molecule has 0 spiro atoms. The van der Waals surface area contributed by atoms with Crippen molar-refractivity contribution >= 4 is 11.9 Å². The second-order valence-corrected chi connectivity index (χ2v) is 3.64. The highest BCUT2D eigenvalue weighted by molar-refractivity contribution is 6.05. The topological polar surface area (TPSA) is 151 Å². The molecule has 1 aromatic rings. The zero-order chi connectivity index (χ0) is 14.6. The van der Waals surface area contributed by atoms with E-state index in [1.165, 1.54) is 12.1 Å². The van der Waals surface area contributed by atoms with Crippen LogP contribution in [-0.2, 0) is 4.79 Å². The Morgan fingerprint density at radius 1 is 1.21 bits per heavy atom. The Kier molecular flexibility index (Phi) is 3.76. The first kappa shape index (κ1) is 14.0. The Morgan fingerprint density at radius 2 is 1.68 bits per heavy atom. The molecule has 0 saturated carbocycles. The smallest absolute Gasteiger partial charge is 0.253 e. The highest BCUT2D eigenvalue weighted by atomic mass is 16.3. The van der Waals surface area contributed by atoms with E-state index in [4.69, 9.17) is 21.4 Å². The van der Waals surface area contributed by atoms with Crippen LogP contribution in [0.2, 0.25) is 0 Å². The standard InChI is InChI=1S/C12H9N3O4/c13-5-12(15,6-14)10(18)2-1-7-3-8(16)11(19)9(17)4-7/h1-4,16-17,19H,15H2/b2-1+. The zero-order valence-corrected chi connectivity index (χ0v) is 9.53. The minimum Gasteiger partial charge on any atom is -0.504 e. The van der Waals surface area contributed by atoms with E-state index in [1.807, 2.05) is 0 Å². The van der Waals surface area contributed by atoms with E-state index in [9.17, 15) is 15.0 Å². The first-order valence-corrected chi connectivity index (χ1v) is 4.93. The van der Waals surface area contributed by atoms with Gasteiger partial charge in [0, 0.05) is 0 Å². The van der Waals surface area contributed by atoms with Crippen molar-refractivity contribution in [1.82, 2.24) is 0 Å². The second-order valence-electron chi connectivity index (χ2n) is 3.64. The molecule has 0 aliphatic rings. The fourth-order valence-electron chi connectivity index (χ4n) is 1.16. The molecule has 1 aromatic carbocycles. The molecule has 1 rings (SSSR count). The number of ketones is 1. The summed E-state index contributed by atoms with van der Waals surface area (Å²) in [6.45, 7) is 0. The largest absolute Gasteiger partial charge is 0.504 e. The number of rotatable bonds is 3. The third-order valence-electron chi connectivity index (χ3n) is 2.26. The fraction of sp³-hybridized carbons (Fsp3) is 0.0833. The lowest BCUT2D eigenvalue weighted by molar-refractivity contribution is -0.116. The van der Waals surface area contributed by atoms with E-state index >= 15 is 0 Å². The number of aromatic hydroxyl groups is 3. The van der Waals surface area contributed by atoms with E-state index in [2.05, 4.69) is 0 Å². The molecule has 0 atom stereocenters. The SMILES string of the molecule is N#CC(N)(C#N)C(=O)/C=C/c1cc(O)c(O)c(O)c1. The first-order valence-electron chi connectivity index (χ1n) is 4.93. The Balaban J connectivity index is 3.05. The number of carbonyl (C=O) groups is 1. The lowest BCUT2D eigenvalue weighted by atomic mass is 9.98. The van der Waals surface area contributed by atoms with Crippen LogP contribution in [0.1, 0.15) is 5.56 Å². The van der Waals surface area contributed by atoms with Crippen molar-refractivity contribution in [2.24, 2.45) is 5.73 Å². The number of phenolic OH excluding ortho intramolecular Hbond substituents is 3. The van der Waals surface area contributed by atoms with Gasteiger partial charge in [-0.05, 0) is 23.8 Å². The molecular formula is C12H9N3O4. The van der Waals surface area contributed by atoms with Gasteiger partial charge in [0.05, 0.1) is 0 Å². The van der Waals surface area contributed by atoms with Crippen molar-refractivity contribution in [3.63, 3.8) is 0 Å². The summed E-state index contributed by atoms with van der Waals surface area (Å²) in [5.74, 6) is -2.78. The van der Waals surface area contributed by atoms with E-state index < -0.39 is 28.6 Å². The molecule has 0 heterocycles. The van der Waals surface area contributed by atoms with Crippen molar-refractivity contribution in [2.75, 3.05) is 0 Å². The number of nitriles is 2. The maximum absolute atomic E-state index is 11.5. The fourth-order valence-corrected chi connectivity index (χ4v) is 1.16. The van der Waals surface area contributed by atoms with Gasteiger partial charge in [-0.15, -0.1) is 0 Å². The van der Waals surface area contributed by atoms with Gasteiger partial charge in [-0.3, -0.25) is 10.5 Å². The van der Waals surface area contributed by atoms with Gasteiger partial charge in [-0.1, -0.05) is 6.08 Å². The van der Waals surface area contributed by atoms with Gasteiger partial charge in [0.25, 0.3) is 5.54 Å². The molecule has 0 amide bonds. The minimum atomic E-state index is -2.28. The highest BCUT2D eigenvalue weighted by Crippen LogP contribution is 2.35. The highest BCUT2D eigenvalue weighted by Gasteiger charge is 2.31. The third kappa shape index (κ3) is 2.80. The average molecular weight is 259 g/mol. The normalized spacial score (nSPS) is 10.9. The number of carbonyl (C=O) groups excluding carboxylic acids is 1. The van der Waals surface area contributed by atoms with E-state index in [1.54, 1.807) is 0 Å². The van der Waals surface area contributed by atoms with E-state index in [0.717, 1.165) is 24.3 Å². The molecule has 0 bridgehead atoms. The summed E-state index contributed by atoms with van der Waals surface area (Å²) in [4.78, 5) is 11.5. The second kappa shape index (κ2) is 5.08. The lowest BCUT2D eigenvalue weighted by Crippen LogP contribution is -2.44. The van der Waals surface area contributed by atoms with Crippen LogP contribution in [0.15, 0.2) is 18.2 Å². The summed E-state index contributed by atoms with van der Waals surface area (Å²) < 4.78 is 0. The number of phenols is 3. The zero-order valence-electron chi connectivity index (χ0n) is 9.53. The Labute approximate surface area is 108 Å². The number of benzene rings is 1. The molecule has 96 valence electrons. The van der Waals surface area contributed by atoms with Crippen molar-refractivity contribution < 1.29 is 20.1 Å². The maximum atomic E-state index is 11.5. The maximum Gasteiger partial charge on any atom is 0.253 e. The minimum absolute atomic E-state index is 0.180. The predicted octanol–water partition coefficient (Wildman–Crippen LogP) is 0.130. The molecule has 0 aliphatic heterocycles. The summed E-state index contributed by atoms with van der Waals surface area (Å²) in [5.41, 5.74) is 3.13. The van der Waals surface area contributed by atoms with Gasteiger partial charge < -0.3 is 15.3 Å². The molecule has 0 aliphatic carbocycles. The molecule has 5 N–H and O–H groups in total. The Morgan fingerprint density at radius 3 is 2.11 bits per heavy atom. The molecule has 7 heteroatoms. The van der Waals surface area contributed by atoms with Crippen LogP contribution in [0.5, 0.6) is 17.2 Å².